The summed E-state index contributed by atoms with van der Waals surface area (Å²) in [6.07, 6.45) is 3.77. The van der Waals surface area contributed by atoms with Crippen molar-refractivity contribution in [3.8, 4) is 5.75 Å². The van der Waals surface area contributed by atoms with E-state index in [1.807, 2.05) is 12.1 Å². The molecule has 1 aliphatic heterocycles. The molecule has 3 rings (SSSR count). The van der Waals surface area contributed by atoms with Crippen molar-refractivity contribution >= 4 is 21.8 Å². The number of H-pyrrole nitrogens is 1. The van der Waals surface area contributed by atoms with E-state index in [0.29, 0.717) is 18.8 Å². The van der Waals surface area contributed by atoms with E-state index in [2.05, 4.69) is 20.9 Å². The maximum absolute atomic E-state index is 12.8. The molecule has 1 atom stereocenters. The Balaban J connectivity index is 1.80. The van der Waals surface area contributed by atoms with Gasteiger partial charge in [0, 0.05) is 35.9 Å². The summed E-state index contributed by atoms with van der Waals surface area (Å²) in [5, 5.41) is 9.99. The first kappa shape index (κ1) is 16.1. The van der Waals surface area contributed by atoms with Crippen LogP contribution in [-0.2, 0) is 11.3 Å². The lowest BCUT2D eigenvalue weighted by Gasteiger charge is -2.25. The minimum atomic E-state index is -0.102. The molecule has 122 valence electrons. The van der Waals surface area contributed by atoms with Gasteiger partial charge in [0.1, 0.15) is 11.4 Å². The first-order valence-electron chi connectivity index (χ1n) is 7.65. The van der Waals surface area contributed by atoms with Gasteiger partial charge in [-0.2, -0.15) is 0 Å². The van der Waals surface area contributed by atoms with Gasteiger partial charge in [0.15, 0.2) is 0 Å². The van der Waals surface area contributed by atoms with Gasteiger partial charge in [0.05, 0.1) is 6.10 Å². The molecule has 0 aliphatic carbocycles. The molecule has 0 unspecified atom stereocenters. The van der Waals surface area contributed by atoms with Gasteiger partial charge >= 0.3 is 0 Å². The monoisotopic (exact) mass is 378 g/mol. The summed E-state index contributed by atoms with van der Waals surface area (Å²) in [6, 6.07) is 8.85. The van der Waals surface area contributed by atoms with Crippen LogP contribution in [0.3, 0.4) is 0 Å². The average molecular weight is 379 g/mol. The third kappa shape index (κ3) is 3.95. The first-order valence-corrected chi connectivity index (χ1v) is 8.44. The predicted octanol–water partition coefficient (Wildman–Crippen LogP) is 3.30. The van der Waals surface area contributed by atoms with Crippen LogP contribution < -0.4 is 0 Å². The minimum absolute atomic E-state index is 0.0585. The Kier molecular flexibility index (Phi) is 5.03. The number of hydrogen-bond acceptors (Lipinski definition) is 3. The normalized spacial score (nSPS) is 17.3. The van der Waals surface area contributed by atoms with Crippen molar-refractivity contribution in [1.29, 1.82) is 0 Å². The van der Waals surface area contributed by atoms with Gasteiger partial charge in [-0.3, -0.25) is 4.79 Å². The summed E-state index contributed by atoms with van der Waals surface area (Å²) < 4.78 is 6.50. The van der Waals surface area contributed by atoms with E-state index < -0.39 is 0 Å². The Hall–Kier alpha value is -1.79. The molecule has 1 amide bonds. The van der Waals surface area contributed by atoms with Gasteiger partial charge in [0.2, 0.25) is 0 Å². The molecule has 2 aromatic rings. The number of phenols is 1. The quantitative estimate of drug-likeness (QED) is 0.838. The molecule has 6 heteroatoms. The Morgan fingerprint density at radius 2 is 2.26 bits per heavy atom. The number of hydrogen-bond donors (Lipinski definition) is 2. The summed E-state index contributed by atoms with van der Waals surface area (Å²) in [5.74, 6) is 0.0970. The SMILES string of the molecule is O=C(c1cc(Br)c[nH]1)N(Cc1ccccc1O)C[C@@H]1CCCO1. The Morgan fingerprint density at radius 1 is 1.43 bits per heavy atom. The smallest absolute Gasteiger partial charge is 0.270 e. The fourth-order valence-electron chi connectivity index (χ4n) is 2.77. The van der Waals surface area contributed by atoms with E-state index in [4.69, 9.17) is 4.74 Å². The first-order chi connectivity index (χ1) is 11.1. The maximum atomic E-state index is 12.8. The van der Waals surface area contributed by atoms with Gasteiger partial charge in [-0.15, -0.1) is 0 Å². The lowest BCUT2D eigenvalue weighted by Crippen LogP contribution is -2.37. The van der Waals surface area contributed by atoms with Crippen LogP contribution in [0.1, 0.15) is 28.9 Å². The molecular formula is C17H19BrN2O3. The number of aromatic hydroxyl groups is 1. The number of para-hydroxylation sites is 1. The Labute approximate surface area is 143 Å². The fourth-order valence-corrected chi connectivity index (χ4v) is 3.11. The molecule has 0 saturated carbocycles. The van der Waals surface area contributed by atoms with Crippen molar-refractivity contribution in [1.82, 2.24) is 9.88 Å². The zero-order chi connectivity index (χ0) is 16.2. The zero-order valence-electron chi connectivity index (χ0n) is 12.7. The molecule has 1 aliphatic rings. The van der Waals surface area contributed by atoms with Crippen molar-refractivity contribution in [2.45, 2.75) is 25.5 Å². The number of nitrogens with one attached hydrogen (secondary N) is 1. The van der Waals surface area contributed by atoms with Gasteiger partial charge in [-0.1, -0.05) is 18.2 Å². The highest BCUT2D eigenvalue weighted by molar-refractivity contribution is 9.10. The minimum Gasteiger partial charge on any atom is -0.508 e. The second-order valence-corrected chi connectivity index (χ2v) is 6.60. The Bertz CT molecular complexity index is 680. The second-order valence-electron chi connectivity index (χ2n) is 5.68. The number of nitrogens with zero attached hydrogens (tertiary/aromatic N) is 1. The van der Waals surface area contributed by atoms with Crippen LogP contribution in [-0.4, -0.2) is 40.2 Å². The fraction of sp³-hybridized carbons (Fsp3) is 0.353. The number of halogens is 1. The van der Waals surface area contributed by atoms with E-state index in [-0.39, 0.29) is 17.8 Å². The van der Waals surface area contributed by atoms with E-state index >= 15 is 0 Å². The van der Waals surface area contributed by atoms with Crippen LogP contribution in [0.4, 0.5) is 0 Å². The lowest BCUT2D eigenvalue weighted by molar-refractivity contribution is 0.0502. The summed E-state index contributed by atoms with van der Waals surface area (Å²) in [4.78, 5) is 17.5. The van der Waals surface area contributed by atoms with Crippen molar-refractivity contribution < 1.29 is 14.6 Å². The second kappa shape index (κ2) is 7.19. The maximum Gasteiger partial charge on any atom is 0.270 e. The molecule has 0 radical (unpaired) electrons. The number of carbonyl (C=O) groups is 1. The van der Waals surface area contributed by atoms with Gasteiger partial charge < -0.3 is 19.7 Å². The van der Waals surface area contributed by atoms with Crippen LogP contribution >= 0.6 is 15.9 Å². The molecule has 2 heterocycles. The largest absolute Gasteiger partial charge is 0.508 e. The molecule has 0 bridgehead atoms. The topological polar surface area (TPSA) is 65.6 Å². The number of ether oxygens (including phenoxy) is 1. The van der Waals surface area contributed by atoms with Crippen LogP contribution in [0.2, 0.25) is 0 Å². The van der Waals surface area contributed by atoms with E-state index in [1.165, 1.54) is 0 Å². The molecular weight excluding hydrogens is 360 g/mol. The molecule has 2 N–H and O–H groups in total. The van der Waals surface area contributed by atoms with Crippen molar-refractivity contribution in [3.05, 3.63) is 52.3 Å². The standard InChI is InChI=1S/C17H19BrN2O3/c18-13-8-15(19-9-13)17(22)20(11-14-5-3-7-23-14)10-12-4-1-2-6-16(12)21/h1-2,4,6,8-9,14,19,21H,3,5,7,10-11H2/t14-/m0/s1. The molecule has 23 heavy (non-hydrogen) atoms. The average Bonchev–Trinajstić information content (AvgIpc) is 3.19. The summed E-state index contributed by atoms with van der Waals surface area (Å²) >= 11 is 3.35. The van der Waals surface area contributed by atoms with Gasteiger partial charge in [0.25, 0.3) is 5.91 Å². The third-order valence-electron chi connectivity index (χ3n) is 3.97. The third-order valence-corrected chi connectivity index (χ3v) is 4.42. The number of rotatable bonds is 5. The highest BCUT2D eigenvalue weighted by Crippen LogP contribution is 2.22. The van der Waals surface area contributed by atoms with E-state index in [0.717, 1.165) is 29.5 Å². The van der Waals surface area contributed by atoms with E-state index in [9.17, 15) is 9.90 Å². The zero-order valence-corrected chi connectivity index (χ0v) is 14.3. The van der Waals surface area contributed by atoms with Crippen LogP contribution in [0.5, 0.6) is 5.75 Å². The molecule has 1 fully saturated rings. The van der Waals surface area contributed by atoms with Crippen molar-refractivity contribution in [3.63, 3.8) is 0 Å². The van der Waals surface area contributed by atoms with Crippen LogP contribution in [0.25, 0.3) is 0 Å². The van der Waals surface area contributed by atoms with Crippen LogP contribution in [0.15, 0.2) is 41.0 Å². The molecule has 1 aromatic heterocycles. The molecule has 1 saturated heterocycles. The van der Waals surface area contributed by atoms with Crippen molar-refractivity contribution in [2.75, 3.05) is 13.2 Å². The summed E-state index contributed by atoms with van der Waals surface area (Å²) in [5.41, 5.74) is 1.25. The number of amides is 1. The lowest BCUT2D eigenvalue weighted by atomic mass is 10.1. The highest BCUT2D eigenvalue weighted by Gasteiger charge is 2.25. The van der Waals surface area contributed by atoms with E-state index in [1.54, 1.807) is 29.3 Å². The summed E-state index contributed by atoms with van der Waals surface area (Å²) in [6.45, 7) is 1.61. The van der Waals surface area contributed by atoms with Gasteiger partial charge in [-0.25, -0.2) is 0 Å². The predicted molar refractivity (Wildman–Crippen MR) is 90.3 cm³/mol. The number of aromatic nitrogens is 1. The number of aromatic amines is 1. The summed E-state index contributed by atoms with van der Waals surface area (Å²) in [7, 11) is 0. The van der Waals surface area contributed by atoms with Crippen LogP contribution in [0, 0.1) is 0 Å². The van der Waals surface area contributed by atoms with Crippen molar-refractivity contribution in [2.24, 2.45) is 0 Å². The molecule has 1 aromatic carbocycles. The molecule has 0 spiro atoms. The number of carbonyl (C=O) groups excluding carboxylic acids is 1. The number of benzene rings is 1. The molecule has 5 nitrogen and oxygen atoms in total. The number of phenolic OH excluding ortho intramolecular Hbond substituents is 1. The van der Waals surface area contributed by atoms with Gasteiger partial charge in [-0.05, 0) is 40.9 Å². The highest BCUT2D eigenvalue weighted by atomic mass is 79.9. The Morgan fingerprint density at radius 3 is 2.91 bits per heavy atom.